The van der Waals surface area contributed by atoms with E-state index >= 15 is 0 Å². The molecule has 0 unspecified atom stereocenters. The van der Waals surface area contributed by atoms with Gasteiger partial charge in [0.1, 0.15) is 0 Å². The van der Waals surface area contributed by atoms with Crippen LogP contribution in [0.5, 0.6) is 0 Å². The Morgan fingerprint density at radius 2 is 2.06 bits per heavy atom. The van der Waals surface area contributed by atoms with Gasteiger partial charge in [-0.25, -0.2) is 13.2 Å². The Balaban J connectivity index is 2.07. The van der Waals surface area contributed by atoms with Crippen molar-refractivity contribution < 1.29 is 23.1 Å². The van der Waals surface area contributed by atoms with E-state index < -0.39 is 26.7 Å². The highest BCUT2D eigenvalue weighted by Gasteiger charge is 2.38. The van der Waals surface area contributed by atoms with Crippen molar-refractivity contribution in [1.29, 1.82) is 0 Å². The number of rotatable bonds is 4. The molecule has 18 heavy (non-hydrogen) atoms. The van der Waals surface area contributed by atoms with Crippen LogP contribution in [0.2, 0.25) is 0 Å². The molecule has 1 N–H and O–H groups in total. The zero-order valence-electron chi connectivity index (χ0n) is 9.35. The number of sulfone groups is 1. The van der Waals surface area contributed by atoms with E-state index in [1.165, 1.54) is 0 Å². The molecule has 0 radical (unpaired) electrons. The largest absolute Gasteiger partial charge is 0.479 e. The first-order valence-corrected chi connectivity index (χ1v) is 8.01. The van der Waals surface area contributed by atoms with Crippen molar-refractivity contribution in [2.24, 2.45) is 0 Å². The molecule has 1 saturated heterocycles. The van der Waals surface area contributed by atoms with Gasteiger partial charge < -0.3 is 9.84 Å². The van der Waals surface area contributed by atoms with Crippen LogP contribution >= 0.6 is 11.8 Å². The monoisotopic (exact) mass is 288 g/mol. The highest BCUT2D eigenvalue weighted by atomic mass is 32.2. The van der Waals surface area contributed by atoms with Crippen molar-refractivity contribution >= 4 is 27.6 Å². The van der Waals surface area contributed by atoms with Crippen LogP contribution in [-0.4, -0.2) is 36.1 Å². The minimum absolute atomic E-state index is 0.134. The molecule has 1 fully saturated rings. The predicted octanol–water partition coefficient (Wildman–Crippen LogP) is 1.10. The Kier molecular flexibility index (Phi) is 3.94. The molecule has 0 bridgehead atoms. The maximum atomic E-state index is 12.0. The Bertz CT molecular complexity index is 526. The van der Waals surface area contributed by atoms with E-state index in [1.807, 2.05) is 0 Å². The van der Waals surface area contributed by atoms with E-state index in [9.17, 15) is 13.2 Å². The summed E-state index contributed by atoms with van der Waals surface area (Å²) in [5, 5.41) is 8.75. The maximum absolute atomic E-state index is 12.0. The average molecular weight is 288 g/mol. The Hall–Kier alpha value is -1.05. The summed E-state index contributed by atoms with van der Waals surface area (Å²) in [6.45, 7) is 0. The number of hydrogen-bond acceptors (Lipinski definition) is 5. The topological polar surface area (TPSA) is 80.7 Å². The van der Waals surface area contributed by atoms with Crippen molar-refractivity contribution in [3.63, 3.8) is 0 Å². The van der Waals surface area contributed by atoms with Crippen LogP contribution in [0.15, 0.2) is 30.3 Å². The zero-order valence-corrected chi connectivity index (χ0v) is 11.0. The summed E-state index contributed by atoms with van der Waals surface area (Å²) in [5.41, 5.74) is -1.45. The van der Waals surface area contributed by atoms with E-state index in [1.54, 1.807) is 30.3 Å². The number of carbonyl (C=O) groups is 1. The van der Waals surface area contributed by atoms with Crippen molar-refractivity contribution in [3.05, 3.63) is 35.9 Å². The Morgan fingerprint density at radius 3 is 2.61 bits per heavy atom. The van der Waals surface area contributed by atoms with E-state index in [0.717, 1.165) is 11.8 Å². The maximum Gasteiger partial charge on any atom is 0.343 e. The van der Waals surface area contributed by atoms with Gasteiger partial charge in [-0.1, -0.05) is 30.3 Å². The highest BCUT2D eigenvalue weighted by molar-refractivity contribution is 8.02. The molecule has 0 spiro atoms. The molecule has 7 heteroatoms. The lowest BCUT2D eigenvalue weighted by Crippen LogP contribution is -2.27. The summed E-state index contributed by atoms with van der Waals surface area (Å²) in [4.78, 5) is 10.7. The van der Waals surface area contributed by atoms with Gasteiger partial charge in [0.15, 0.2) is 15.3 Å². The van der Waals surface area contributed by atoms with Crippen LogP contribution < -0.4 is 0 Å². The van der Waals surface area contributed by atoms with Crippen LogP contribution in [0, 0.1) is 0 Å². The summed E-state index contributed by atoms with van der Waals surface area (Å²) < 4.78 is 29.1. The number of carboxylic acid groups (broad SMARTS) is 1. The van der Waals surface area contributed by atoms with Crippen molar-refractivity contribution in [3.8, 4) is 0 Å². The Labute approximate surface area is 109 Å². The fourth-order valence-corrected chi connectivity index (χ4v) is 4.62. The second-order valence-corrected chi connectivity index (χ2v) is 7.10. The van der Waals surface area contributed by atoms with E-state index in [4.69, 9.17) is 9.84 Å². The van der Waals surface area contributed by atoms with Gasteiger partial charge in [0.05, 0.1) is 5.75 Å². The summed E-state index contributed by atoms with van der Waals surface area (Å²) in [6.07, 6.45) is 0. The number of thioether (sulfide) groups is 1. The third-order valence-corrected chi connectivity index (χ3v) is 5.61. The SMILES string of the molecule is O=C(O)[C@@H]1O[C@H](S(=O)(=O)Cc2ccccc2)CS1. The first-order chi connectivity index (χ1) is 8.49. The molecule has 1 aliphatic rings. The minimum Gasteiger partial charge on any atom is -0.479 e. The molecule has 1 aliphatic heterocycles. The van der Waals surface area contributed by atoms with Crippen LogP contribution in [0.3, 0.4) is 0 Å². The van der Waals surface area contributed by atoms with Gasteiger partial charge in [-0.3, -0.25) is 0 Å². The zero-order chi connectivity index (χ0) is 13.2. The van der Waals surface area contributed by atoms with Gasteiger partial charge in [0, 0.05) is 5.75 Å². The lowest BCUT2D eigenvalue weighted by atomic mass is 10.2. The quantitative estimate of drug-likeness (QED) is 0.893. The van der Waals surface area contributed by atoms with Crippen LogP contribution in [0.25, 0.3) is 0 Å². The number of benzene rings is 1. The van der Waals surface area contributed by atoms with Crippen LogP contribution in [0.4, 0.5) is 0 Å². The smallest absolute Gasteiger partial charge is 0.343 e. The number of hydrogen-bond donors (Lipinski definition) is 1. The fourth-order valence-electron chi connectivity index (χ4n) is 1.60. The number of aliphatic carboxylic acids is 1. The standard InChI is InChI=1S/C11H12O5S2/c12-10(13)11-16-9(6-17-11)18(14,15)7-8-4-2-1-3-5-8/h1-5,9,11H,6-7H2,(H,12,13)/t9-,11-/m1/s1. The van der Waals surface area contributed by atoms with E-state index in [-0.39, 0.29) is 11.5 Å². The van der Waals surface area contributed by atoms with Gasteiger partial charge >= 0.3 is 5.97 Å². The molecule has 0 aromatic heterocycles. The molecule has 0 aliphatic carbocycles. The highest BCUT2D eigenvalue weighted by Crippen LogP contribution is 2.29. The minimum atomic E-state index is -3.49. The van der Waals surface area contributed by atoms with Crippen LogP contribution in [-0.2, 0) is 25.1 Å². The molecule has 1 aromatic rings. The predicted molar refractivity (Wildman–Crippen MR) is 67.8 cm³/mol. The summed E-state index contributed by atoms with van der Waals surface area (Å²) in [6, 6.07) is 8.76. The van der Waals surface area contributed by atoms with Gasteiger partial charge in [0.2, 0.25) is 5.44 Å². The fraction of sp³-hybridized carbons (Fsp3) is 0.364. The lowest BCUT2D eigenvalue weighted by molar-refractivity contribution is -0.144. The molecule has 98 valence electrons. The van der Waals surface area contributed by atoms with Gasteiger partial charge in [0.25, 0.3) is 0 Å². The van der Waals surface area contributed by atoms with E-state index in [2.05, 4.69) is 0 Å². The summed E-state index contributed by atoms with van der Waals surface area (Å²) >= 11 is 0.995. The molecule has 2 rings (SSSR count). The number of ether oxygens (including phenoxy) is 1. The van der Waals surface area contributed by atoms with Crippen LogP contribution in [0.1, 0.15) is 5.56 Å². The van der Waals surface area contributed by atoms with Gasteiger partial charge in [-0.15, -0.1) is 11.8 Å². The normalized spacial score (nSPS) is 24.0. The molecular formula is C11H12O5S2. The average Bonchev–Trinajstić information content (AvgIpc) is 2.79. The first-order valence-electron chi connectivity index (χ1n) is 5.24. The Morgan fingerprint density at radius 1 is 1.39 bits per heavy atom. The second kappa shape index (κ2) is 5.29. The molecule has 1 heterocycles. The summed E-state index contributed by atoms with van der Waals surface area (Å²) in [5.74, 6) is -1.12. The third kappa shape index (κ3) is 3.04. The van der Waals surface area contributed by atoms with Crippen molar-refractivity contribution in [2.75, 3.05) is 5.75 Å². The number of carboxylic acids is 1. The molecule has 0 amide bonds. The van der Waals surface area contributed by atoms with Gasteiger partial charge in [-0.05, 0) is 5.56 Å². The van der Waals surface area contributed by atoms with Gasteiger partial charge in [-0.2, -0.15) is 0 Å². The molecule has 1 aromatic carbocycles. The molecule has 2 atom stereocenters. The second-order valence-electron chi connectivity index (χ2n) is 3.86. The third-order valence-electron chi connectivity index (χ3n) is 2.47. The lowest BCUT2D eigenvalue weighted by Gasteiger charge is -2.11. The van der Waals surface area contributed by atoms with Crippen molar-refractivity contribution in [2.45, 2.75) is 16.6 Å². The summed E-state index contributed by atoms with van der Waals surface area (Å²) in [7, 11) is -3.49. The molecule has 5 nitrogen and oxygen atoms in total. The molecule has 0 saturated carbocycles. The van der Waals surface area contributed by atoms with E-state index in [0.29, 0.717) is 5.56 Å². The van der Waals surface area contributed by atoms with Crippen molar-refractivity contribution in [1.82, 2.24) is 0 Å². The first kappa shape index (κ1) is 13.4. The molecular weight excluding hydrogens is 276 g/mol.